The molecule has 11 rings (SSSR count). The fourth-order valence-electron chi connectivity index (χ4n) is 10.4. The van der Waals surface area contributed by atoms with Crippen molar-refractivity contribution in [2.75, 3.05) is 23.0 Å². The van der Waals surface area contributed by atoms with Crippen molar-refractivity contribution in [2.24, 2.45) is 0 Å². The first kappa shape index (κ1) is 45.3. The van der Waals surface area contributed by atoms with E-state index in [1.165, 1.54) is 44.5 Å². The highest BCUT2D eigenvalue weighted by atomic mass is 16.5. The summed E-state index contributed by atoms with van der Waals surface area (Å²) in [4.78, 5) is 4.62. The predicted octanol–water partition coefficient (Wildman–Crippen LogP) is 17.4. The molecule has 10 aromatic rings. The molecule has 0 fully saturated rings. The van der Waals surface area contributed by atoms with Gasteiger partial charge in [0.05, 0.1) is 12.5 Å². The third-order valence-electron chi connectivity index (χ3n) is 13.8. The molecule has 71 heavy (non-hydrogen) atoms. The first-order valence-electron chi connectivity index (χ1n) is 24.7. The number of rotatable bonds is 20. The van der Waals surface area contributed by atoms with Gasteiger partial charge >= 0.3 is 0 Å². The number of nitrogens with zero attached hydrogens (tertiary/aromatic N) is 2. The lowest BCUT2D eigenvalue weighted by molar-refractivity contribution is 0.0924. The maximum atomic E-state index is 6.28. The zero-order chi connectivity index (χ0) is 47.7. The lowest BCUT2D eigenvalue weighted by Crippen LogP contribution is -2.27. The summed E-state index contributed by atoms with van der Waals surface area (Å²) in [6.45, 7) is 2.13. The van der Waals surface area contributed by atoms with Gasteiger partial charge in [0.2, 0.25) is 0 Å². The summed E-state index contributed by atoms with van der Waals surface area (Å²) in [7, 11) is 0. The van der Waals surface area contributed by atoms with E-state index in [1.54, 1.807) is 12.5 Å². The number of anilines is 6. The van der Waals surface area contributed by atoms with Crippen LogP contribution in [-0.2, 0) is 28.1 Å². The molecule has 0 unspecified atom stereocenters. The molecule has 0 aliphatic heterocycles. The summed E-state index contributed by atoms with van der Waals surface area (Å²) in [5.74, 6) is 1.67. The van der Waals surface area contributed by atoms with Gasteiger partial charge in [-0.05, 0) is 179 Å². The van der Waals surface area contributed by atoms with E-state index in [0.29, 0.717) is 26.4 Å². The van der Waals surface area contributed by atoms with Gasteiger partial charge in [-0.1, -0.05) is 121 Å². The Hall–Kier alpha value is -8.16. The second-order valence-electron chi connectivity index (χ2n) is 18.2. The predicted molar refractivity (Wildman–Crippen MR) is 288 cm³/mol. The summed E-state index contributed by atoms with van der Waals surface area (Å²) >= 11 is 0. The van der Waals surface area contributed by atoms with Crippen molar-refractivity contribution < 1.29 is 18.3 Å². The minimum absolute atomic E-state index is 0.312. The van der Waals surface area contributed by atoms with Crippen LogP contribution in [0.3, 0.4) is 0 Å². The SMILES string of the molecule is c1ccc(N(c2ccccc2)c2ccc(-c3ccc4c(c3)C(CCCOCc3ccco3)(CCCOCc3ccco3)c3cc(-c5ccc(N(c6ccccc6)c6ccccc6)cc5)ccc3-4)cc2)cc1. The molecule has 1 aliphatic rings. The Bertz CT molecular complexity index is 2930. The molecular weight excluding hydrogens is 873 g/mol. The molecule has 2 aromatic heterocycles. The second-order valence-corrected chi connectivity index (χ2v) is 18.2. The molecule has 6 nitrogen and oxygen atoms in total. The van der Waals surface area contributed by atoms with Crippen LogP contribution in [0.4, 0.5) is 34.1 Å². The number of furan rings is 2. The highest BCUT2D eigenvalue weighted by Gasteiger charge is 2.43. The van der Waals surface area contributed by atoms with Crippen LogP contribution in [0, 0.1) is 0 Å². The van der Waals surface area contributed by atoms with Crippen LogP contribution in [0.1, 0.15) is 48.3 Å². The Labute approximate surface area is 417 Å². The molecule has 0 saturated heterocycles. The number of benzene rings is 8. The molecule has 0 amide bonds. The van der Waals surface area contributed by atoms with E-state index >= 15 is 0 Å². The third-order valence-corrected chi connectivity index (χ3v) is 13.8. The van der Waals surface area contributed by atoms with E-state index in [-0.39, 0.29) is 5.41 Å². The monoisotopic (exact) mass is 928 g/mol. The van der Waals surface area contributed by atoms with E-state index in [1.807, 2.05) is 24.3 Å². The molecule has 0 spiro atoms. The molecule has 1 aliphatic carbocycles. The quantitative estimate of drug-likeness (QED) is 0.0710. The molecule has 0 N–H and O–H groups in total. The Balaban J connectivity index is 0.958. The summed E-state index contributed by atoms with van der Waals surface area (Å²) < 4.78 is 23.8. The molecular formula is C65H56N2O4. The maximum Gasteiger partial charge on any atom is 0.129 e. The van der Waals surface area contributed by atoms with Crippen molar-refractivity contribution >= 4 is 34.1 Å². The van der Waals surface area contributed by atoms with Crippen molar-refractivity contribution in [3.8, 4) is 33.4 Å². The van der Waals surface area contributed by atoms with Gasteiger partial charge in [-0.2, -0.15) is 0 Å². The lowest BCUT2D eigenvalue weighted by Gasteiger charge is -2.33. The van der Waals surface area contributed by atoms with Gasteiger partial charge in [0, 0.05) is 52.8 Å². The van der Waals surface area contributed by atoms with E-state index < -0.39 is 0 Å². The average molecular weight is 929 g/mol. The van der Waals surface area contributed by atoms with Gasteiger partial charge in [0.1, 0.15) is 24.7 Å². The molecule has 0 radical (unpaired) electrons. The zero-order valence-corrected chi connectivity index (χ0v) is 39.8. The molecule has 8 aromatic carbocycles. The lowest BCUT2D eigenvalue weighted by atomic mass is 9.70. The first-order valence-corrected chi connectivity index (χ1v) is 24.7. The number of para-hydroxylation sites is 4. The van der Waals surface area contributed by atoms with Crippen molar-refractivity contribution in [1.82, 2.24) is 0 Å². The number of ether oxygens (including phenoxy) is 2. The van der Waals surface area contributed by atoms with Gasteiger partial charge in [-0.3, -0.25) is 0 Å². The minimum Gasteiger partial charge on any atom is -0.467 e. The second kappa shape index (κ2) is 21.2. The normalized spacial score (nSPS) is 12.3. The van der Waals surface area contributed by atoms with Crippen molar-refractivity contribution in [3.63, 3.8) is 0 Å². The van der Waals surface area contributed by atoms with Crippen LogP contribution in [-0.4, -0.2) is 13.2 Å². The zero-order valence-electron chi connectivity index (χ0n) is 39.8. The van der Waals surface area contributed by atoms with Crippen LogP contribution in [0.5, 0.6) is 0 Å². The van der Waals surface area contributed by atoms with E-state index in [0.717, 1.165) is 71.3 Å². The van der Waals surface area contributed by atoms with Crippen molar-refractivity contribution in [1.29, 1.82) is 0 Å². The van der Waals surface area contributed by atoms with Crippen LogP contribution >= 0.6 is 0 Å². The van der Waals surface area contributed by atoms with Crippen LogP contribution < -0.4 is 9.80 Å². The van der Waals surface area contributed by atoms with Crippen LogP contribution in [0.2, 0.25) is 0 Å². The fraction of sp³-hybridized carbons (Fsp3) is 0.138. The van der Waals surface area contributed by atoms with Gasteiger partial charge in [-0.25, -0.2) is 0 Å². The standard InChI is InChI=1S/C65H56N2O4/c1-5-17-53(18-6-1)66(54-19-7-2-8-20-54)57-33-27-49(28-34-57)51-31-37-61-62-38-32-52(50-29-35-58(36-30-50)67(55-21-9-3-10-22-55)56-23-11-4-12-24-56)46-64(62)65(63(61)45-51,39-15-41-68-47-59-25-13-43-70-59)40-16-42-69-48-60-26-14-44-71-60/h1-14,17-38,43-46H,15-16,39-42,47-48H2. The number of hydrogen-bond acceptors (Lipinski definition) is 6. The Morgan fingerprint density at radius 1 is 0.338 bits per heavy atom. The highest BCUT2D eigenvalue weighted by Crippen LogP contribution is 2.55. The summed E-state index contributed by atoms with van der Waals surface area (Å²) in [5, 5.41) is 0. The Morgan fingerprint density at radius 3 is 1.01 bits per heavy atom. The van der Waals surface area contributed by atoms with Crippen LogP contribution in [0.25, 0.3) is 33.4 Å². The van der Waals surface area contributed by atoms with Crippen molar-refractivity contribution in [3.05, 3.63) is 266 Å². The summed E-state index contributed by atoms with van der Waals surface area (Å²) in [6, 6.07) is 82.4. The van der Waals surface area contributed by atoms with Gasteiger partial charge in [0.15, 0.2) is 0 Å². The summed E-state index contributed by atoms with van der Waals surface area (Å²) in [5.41, 5.74) is 16.4. The topological polar surface area (TPSA) is 51.2 Å². The van der Waals surface area contributed by atoms with E-state index in [2.05, 4.69) is 216 Å². The molecule has 6 heteroatoms. The maximum absolute atomic E-state index is 6.28. The number of hydrogen-bond donors (Lipinski definition) is 0. The fourth-order valence-corrected chi connectivity index (χ4v) is 10.4. The van der Waals surface area contributed by atoms with Gasteiger partial charge < -0.3 is 28.1 Å². The molecule has 350 valence electrons. The smallest absolute Gasteiger partial charge is 0.129 e. The minimum atomic E-state index is -0.312. The first-order chi connectivity index (χ1) is 35.2. The third kappa shape index (κ3) is 9.86. The van der Waals surface area contributed by atoms with Gasteiger partial charge in [0.25, 0.3) is 0 Å². The van der Waals surface area contributed by atoms with E-state index in [4.69, 9.17) is 18.3 Å². The average Bonchev–Trinajstić information content (AvgIpc) is 4.22. The van der Waals surface area contributed by atoms with E-state index in [9.17, 15) is 0 Å². The Kier molecular flexibility index (Phi) is 13.5. The number of fused-ring (bicyclic) bond motifs is 3. The molecule has 0 bridgehead atoms. The van der Waals surface area contributed by atoms with Gasteiger partial charge in [-0.15, -0.1) is 0 Å². The van der Waals surface area contributed by atoms with Crippen molar-refractivity contribution in [2.45, 2.75) is 44.3 Å². The van der Waals surface area contributed by atoms with Crippen LogP contribution in [0.15, 0.2) is 252 Å². The highest BCUT2D eigenvalue weighted by molar-refractivity contribution is 5.87. The summed E-state index contributed by atoms with van der Waals surface area (Å²) in [6.07, 6.45) is 6.95. The molecule has 2 heterocycles. The largest absolute Gasteiger partial charge is 0.467 e. The molecule has 0 atom stereocenters. The Morgan fingerprint density at radius 2 is 0.676 bits per heavy atom. The molecule has 0 saturated carbocycles.